The Morgan fingerprint density at radius 2 is 1.96 bits per heavy atom. The lowest BCUT2D eigenvalue weighted by molar-refractivity contribution is 0.0951. The van der Waals surface area contributed by atoms with Gasteiger partial charge in [0.25, 0.3) is 5.91 Å². The molecule has 0 aliphatic rings. The largest absolute Gasteiger partial charge is 0.350 e. The van der Waals surface area contributed by atoms with E-state index in [1.54, 1.807) is 17.6 Å². The van der Waals surface area contributed by atoms with Crippen molar-refractivity contribution in [1.82, 2.24) is 10.4 Å². The first-order chi connectivity index (χ1) is 12.7. The number of aryl methyl sites for hydroxylation is 1. The lowest BCUT2D eigenvalue weighted by Crippen LogP contribution is -2.18. The molecule has 0 aliphatic carbocycles. The maximum atomic E-state index is 12.8. The molecule has 128 valence electrons. The molecule has 0 spiro atoms. The van der Waals surface area contributed by atoms with E-state index in [0.29, 0.717) is 5.69 Å². The van der Waals surface area contributed by atoms with Gasteiger partial charge in [0.15, 0.2) is 0 Å². The van der Waals surface area contributed by atoms with Crippen LogP contribution in [0, 0.1) is 6.92 Å². The zero-order chi connectivity index (χ0) is 17.9. The van der Waals surface area contributed by atoms with Crippen molar-refractivity contribution in [3.05, 3.63) is 82.2 Å². The van der Waals surface area contributed by atoms with Gasteiger partial charge in [-0.25, -0.2) is 5.43 Å². The Morgan fingerprint density at radius 1 is 1.12 bits per heavy atom. The fourth-order valence-corrected chi connectivity index (χ4v) is 3.54. The van der Waals surface area contributed by atoms with E-state index in [2.05, 4.69) is 21.6 Å². The number of benzene rings is 2. The first-order valence-electron chi connectivity index (χ1n) is 8.27. The summed E-state index contributed by atoms with van der Waals surface area (Å²) in [6.07, 6.45) is 1.65. The van der Waals surface area contributed by atoms with E-state index in [0.717, 1.165) is 32.5 Å². The van der Waals surface area contributed by atoms with Crippen molar-refractivity contribution in [1.29, 1.82) is 0 Å². The molecule has 4 nitrogen and oxygen atoms in total. The van der Waals surface area contributed by atoms with Gasteiger partial charge < -0.3 is 4.98 Å². The molecule has 2 heterocycles. The van der Waals surface area contributed by atoms with Crippen LogP contribution in [0.15, 0.2) is 71.1 Å². The van der Waals surface area contributed by atoms with Crippen molar-refractivity contribution in [3.63, 3.8) is 0 Å². The van der Waals surface area contributed by atoms with Gasteiger partial charge in [0.2, 0.25) is 0 Å². The molecule has 0 atom stereocenters. The second-order valence-electron chi connectivity index (χ2n) is 6.00. The number of hydrogen-bond acceptors (Lipinski definition) is 3. The number of H-pyrrole nitrogens is 1. The average molecular weight is 359 g/mol. The van der Waals surface area contributed by atoms with Gasteiger partial charge in [0.05, 0.1) is 6.21 Å². The first-order valence-corrected chi connectivity index (χ1v) is 9.15. The number of hydrogen-bond donors (Lipinski definition) is 2. The predicted molar refractivity (Wildman–Crippen MR) is 108 cm³/mol. The molecule has 0 fully saturated rings. The lowest BCUT2D eigenvalue weighted by atomic mass is 10.0. The van der Waals surface area contributed by atoms with E-state index in [4.69, 9.17) is 0 Å². The van der Waals surface area contributed by atoms with Gasteiger partial charge in [-0.1, -0.05) is 48.0 Å². The Bertz CT molecular complexity index is 1080. The van der Waals surface area contributed by atoms with Crippen LogP contribution in [-0.2, 0) is 0 Å². The van der Waals surface area contributed by atoms with Crippen LogP contribution in [0.1, 0.15) is 20.9 Å². The third-order valence-corrected chi connectivity index (χ3v) is 4.95. The van der Waals surface area contributed by atoms with Gasteiger partial charge in [-0.05, 0) is 36.1 Å². The Labute approximate surface area is 155 Å². The number of nitrogens with one attached hydrogen (secondary N) is 2. The number of rotatable bonds is 4. The molecule has 0 unspecified atom stereocenters. The second kappa shape index (κ2) is 6.98. The average Bonchev–Trinajstić information content (AvgIpc) is 3.29. The SMILES string of the molecule is Cc1ccc2[nH]c(C(=O)NN=Cc3cccs3)c(-c3ccccc3)c2c1. The van der Waals surface area contributed by atoms with E-state index < -0.39 is 0 Å². The molecule has 0 aliphatic heterocycles. The number of aromatic amines is 1. The van der Waals surface area contributed by atoms with Crippen LogP contribution in [0.4, 0.5) is 0 Å². The van der Waals surface area contributed by atoms with Crippen molar-refractivity contribution in [2.24, 2.45) is 5.10 Å². The first kappa shape index (κ1) is 16.3. The monoisotopic (exact) mass is 359 g/mol. The van der Waals surface area contributed by atoms with Gasteiger partial charge >= 0.3 is 0 Å². The van der Waals surface area contributed by atoms with Crippen LogP contribution < -0.4 is 5.43 Å². The fraction of sp³-hybridized carbons (Fsp3) is 0.0476. The van der Waals surface area contributed by atoms with Gasteiger partial charge in [0.1, 0.15) is 5.69 Å². The quantitative estimate of drug-likeness (QED) is 0.392. The summed E-state index contributed by atoms with van der Waals surface area (Å²) in [5.74, 6) is -0.259. The molecule has 0 saturated heterocycles. The summed E-state index contributed by atoms with van der Waals surface area (Å²) in [7, 11) is 0. The number of fused-ring (bicyclic) bond motifs is 1. The smallest absolute Gasteiger partial charge is 0.288 e. The molecule has 0 radical (unpaired) electrons. The molecule has 4 aromatic rings. The Hall–Kier alpha value is -3.18. The second-order valence-corrected chi connectivity index (χ2v) is 6.98. The molecule has 2 N–H and O–H groups in total. The molecule has 2 aromatic heterocycles. The highest BCUT2D eigenvalue weighted by Crippen LogP contribution is 2.33. The van der Waals surface area contributed by atoms with Crippen molar-refractivity contribution in [2.45, 2.75) is 6.92 Å². The van der Waals surface area contributed by atoms with Crippen molar-refractivity contribution in [2.75, 3.05) is 0 Å². The van der Waals surface area contributed by atoms with E-state index in [1.165, 1.54) is 0 Å². The van der Waals surface area contributed by atoms with E-state index in [-0.39, 0.29) is 5.91 Å². The molecular weight excluding hydrogens is 342 g/mol. The molecule has 2 aromatic carbocycles. The summed E-state index contributed by atoms with van der Waals surface area (Å²) in [5.41, 5.74) is 7.12. The maximum Gasteiger partial charge on any atom is 0.288 e. The van der Waals surface area contributed by atoms with E-state index >= 15 is 0 Å². The fourth-order valence-electron chi connectivity index (χ4n) is 2.96. The molecule has 4 rings (SSSR count). The highest BCUT2D eigenvalue weighted by molar-refractivity contribution is 7.11. The van der Waals surface area contributed by atoms with Crippen LogP contribution in [0.3, 0.4) is 0 Å². The highest BCUT2D eigenvalue weighted by atomic mass is 32.1. The minimum absolute atomic E-state index is 0.259. The highest BCUT2D eigenvalue weighted by Gasteiger charge is 2.19. The summed E-state index contributed by atoms with van der Waals surface area (Å²) in [6, 6.07) is 20.0. The van der Waals surface area contributed by atoms with E-state index in [1.807, 2.05) is 66.9 Å². The Morgan fingerprint density at radius 3 is 2.73 bits per heavy atom. The third-order valence-electron chi connectivity index (χ3n) is 4.14. The molecule has 0 saturated carbocycles. The van der Waals surface area contributed by atoms with Crippen LogP contribution >= 0.6 is 11.3 Å². The van der Waals surface area contributed by atoms with Crippen LogP contribution in [-0.4, -0.2) is 17.1 Å². The Balaban J connectivity index is 1.75. The van der Waals surface area contributed by atoms with Crippen LogP contribution in [0.25, 0.3) is 22.0 Å². The Kier molecular flexibility index (Phi) is 4.37. The van der Waals surface area contributed by atoms with Crippen molar-refractivity contribution < 1.29 is 4.79 Å². The predicted octanol–water partition coefficient (Wildman–Crippen LogP) is 4.97. The zero-order valence-corrected chi connectivity index (χ0v) is 15.0. The molecular formula is C21H17N3OS. The van der Waals surface area contributed by atoms with Crippen molar-refractivity contribution in [3.8, 4) is 11.1 Å². The molecule has 0 bridgehead atoms. The topological polar surface area (TPSA) is 57.2 Å². The third kappa shape index (κ3) is 3.17. The minimum Gasteiger partial charge on any atom is -0.350 e. The summed E-state index contributed by atoms with van der Waals surface area (Å²) >= 11 is 1.57. The van der Waals surface area contributed by atoms with Gasteiger partial charge in [0, 0.05) is 21.3 Å². The zero-order valence-electron chi connectivity index (χ0n) is 14.2. The molecule has 1 amide bonds. The summed E-state index contributed by atoms with van der Waals surface area (Å²) in [5, 5.41) is 7.08. The molecule has 26 heavy (non-hydrogen) atoms. The van der Waals surface area contributed by atoms with Crippen LogP contribution in [0.2, 0.25) is 0 Å². The normalized spacial score (nSPS) is 11.3. The number of thiophene rings is 1. The standard InChI is InChI=1S/C21H17N3OS/c1-14-9-10-18-17(12-14)19(15-6-3-2-4-7-15)20(23-18)21(25)24-22-13-16-8-5-11-26-16/h2-13,23H,1H3,(H,24,25). The maximum absolute atomic E-state index is 12.8. The number of nitrogens with zero attached hydrogens (tertiary/aromatic N) is 1. The van der Waals surface area contributed by atoms with E-state index in [9.17, 15) is 4.79 Å². The van der Waals surface area contributed by atoms with Crippen LogP contribution in [0.5, 0.6) is 0 Å². The van der Waals surface area contributed by atoms with Gasteiger partial charge in [-0.3, -0.25) is 4.79 Å². The lowest BCUT2D eigenvalue weighted by Gasteiger charge is -2.04. The van der Waals surface area contributed by atoms with Gasteiger partial charge in [-0.2, -0.15) is 5.10 Å². The summed E-state index contributed by atoms with van der Waals surface area (Å²) in [4.78, 5) is 17.0. The number of amides is 1. The summed E-state index contributed by atoms with van der Waals surface area (Å²) < 4.78 is 0. The minimum atomic E-state index is -0.259. The number of aromatic nitrogens is 1. The number of carbonyl (C=O) groups excluding carboxylic acids is 1. The number of carbonyl (C=O) groups is 1. The number of hydrazone groups is 1. The van der Waals surface area contributed by atoms with Gasteiger partial charge in [-0.15, -0.1) is 11.3 Å². The molecule has 5 heteroatoms. The summed E-state index contributed by atoms with van der Waals surface area (Å²) in [6.45, 7) is 2.05. The van der Waals surface area contributed by atoms with Crippen molar-refractivity contribution >= 4 is 34.4 Å².